The third-order valence-corrected chi connectivity index (χ3v) is 9.02. The molecule has 46 heavy (non-hydrogen) atoms. The minimum absolute atomic E-state index is 0.0332. The molecule has 0 spiro atoms. The number of hydrogen-bond donors (Lipinski definition) is 1. The van der Waals surface area contributed by atoms with Gasteiger partial charge in [-0.15, -0.1) is 0 Å². The van der Waals surface area contributed by atoms with E-state index in [-0.39, 0.29) is 11.7 Å². The van der Waals surface area contributed by atoms with Crippen molar-refractivity contribution in [1.82, 2.24) is 14.6 Å². The lowest BCUT2D eigenvalue weighted by atomic mass is 9.92. The van der Waals surface area contributed by atoms with E-state index in [0.717, 1.165) is 59.4 Å². The van der Waals surface area contributed by atoms with E-state index in [9.17, 15) is 9.90 Å². The maximum Gasteiger partial charge on any atom is 0.337 e. The number of piperidine rings is 1. The molecule has 1 saturated heterocycles. The maximum atomic E-state index is 12.8. The summed E-state index contributed by atoms with van der Waals surface area (Å²) in [5.41, 5.74) is 5.74. The number of carbonyl (C=O) groups is 1. The van der Waals surface area contributed by atoms with Gasteiger partial charge in [-0.1, -0.05) is 29.8 Å². The van der Waals surface area contributed by atoms with Crippen LogP contribution in [-0.2, 0) is 14.3 Å². The van der Waals surface area contributed by atoms with Crippen LogP contribution in [0.1, 0.15) is 83.2 Å². The molecule has 0 aliphatic carbocycles. The molecule has 1 fully saturated rings. The van der Waals surface area contributed by atoms with Crippen LogP contribution in [0.25, 0.3) is 28.0 Å². The fourth-order valence-corrected chi connectivity index (χ4v) is 6.57. The predicted octanol–water partition coefficient (Wildman–Crippen LogP) is 7.56. The van der Waals surface area contributed by atoms with Gasteiger partial charge in [0.1, 0.15) is 11.6 Å². The Labute approximate surface area is 271 Å². The number of anilines is 1. The Kier molecular flexibility index (Phi) is 8.59. The molecule has 6 bridgehead atoms. The first-order chi connectivity index (χ1) is 21.8. The summed E-state index contributed by atoms with van der Waals surface area (Å²) in [7, 11) is 0. The molecular weight excluding hydrogens is 580 g/mol. The van der Waals surface area contributed by atoms with Gasteiger partial charge >= 0.3 is 5.97 Å². The highest BCUT2D eigenvalue weighted by atomic mass is 16.5. The Hall–Kier alpha value is -3.95. The van der Waals surface area contributed by atoms with Crippen molar-refractivity contribution in [1.29, 1.82) is 0 Å². The Morgan fingerprint density at radius 2 is 1.83 bits per heavy atom. The van der Waals surface area contributed by atoms with Crippen LogP contribution in [0.15, 0.2) is 48.5 Å². The molecule has 2 aromatic heterocycles. The second kappa shape index (κ2) is 12.3. The number of aliphatic carboxylic acids is 1. The molecule has 7 rings (SSSR count). The Balaban J connectivity index is 1.55. The third-order valence-electron chi connectivity index (χ3n) is 9.02. The smallest absolute Gasteiger partial charge is 0.337 e. The summed E-state index contributed by atoms with van der Waals surface area (Å²) in [6.07, 6.45) is 2.19. The van der Waals surface area contributed by atoms with E-state index in [1.807, 2.05) is 50.4 Å². The minimum atomic E-state index is -1.21. The molecule has 1 N–H and O–H groups in total. The molecule has 0 amide bonds. The molecule has 5 heterocycles. The first-order valence-electron chi connectivity index (χ1n) is 16.4. The highest BCUT2D eigenvalue weighted by Gasteiger charge is 2.38. The number of carboxylic acid groups (broad SMARTS) is 1. The van der Waals surface area contributed by atoms with E-state index in [1.165, 1.54) is 0 Å². The van der Waals surface area contributed by atoms with Gasteiger partial charge < -0.3 is 24.2 Å². The largest absolute Gasteiger partial charge is 0.490 e. The standard InChI is InChI=1S/C37H46N4O5/c1-23-13-14-30-28(20-23)26-11-8-12-27(21-26)29-22-31-38-25(3)32(33(35(42)43)46-36(4,5)6)34(41(31)39-29)40-17-15-37(7,16-18-40)44-19-9-10-24(2)45-30/h8,11-14,20-22,24,33H,9-10,15-19H2,1-7H3,(H,42,43). The number of hydrogen-bond acceptors (Lipinski definition) is 7. The van der Waals surface area contributed by atoms with Crippen LogP contribution in [0.5, 0.6) is 5.75 Å². The lowest BCUT2D eigenvalue weighted by Crippen LogP contribution is -2.46. The van der Waals surface area contributed by atoms with E-state index >= 15 is 0 Å². The summed E-state index contributed by atoms with van der Waals surface area (Å²) in [6, 6.07) is 16.6. The lowest BCUT2D eigenvalue weighted by Gasteiger charge is -2.41. The fraction of sp³-hybridized carbons (Fsp3) is 0.486. The molecular formula is C37H46N4O5. The van der Waals surface area contributed by atoms with Gasteiger partial charge in [0.15, 0.2) is 11.8 Å². The van der Waals surface area contributed by atoms with E-state index in [0.29, 0.717) is 42.4 Å². The van der Waals surface area contributed by atoms with Crippen LogP contribution >= 0.6 is 0 Å². The predicted molar refractivity (Wildman–Crippen MR) is 180 cm³/mol. The van der Waals surface area contributed by atoms with Crippen molar-refractivity contribution >= 4 is 17.4 Å². The quantitative estimate of drug-likeness (QED) is 0.249. The second-order valence-electron chi connectivity index (χ2n) is 14.1. The van der Waals surface area contributed by atoms with Crippen molar-refractivity contribution in [3.8, 4) is 28.1 Å². The topological polar surface area (TPSA) is 98.4 Å². The number of carboxylic acids is 1. The summed E-state index contributed by atoms with van der Waals surface area (Å²) in [5, 5.41) is 15.6. The van der Waals surface area contributed by atoms with Crippen LogP contribution in [0.2, 0.25) is 0 Å². The van der Waals surface area contributed by atoms with Gasteiger partial charge in [0, 0.05) is 42.6 Å². The average Bonchev–Trinajstić information content (AvgIpc) is 3.42. The first-order valence-corrected chi connectivity index (χ1v) is 16.4. The molecule has 9 heteroatoms. The summed E-state index contributed by atoms with van der Waals surface area (Å²) >= 11 is 0. The molecule has 2 atom stereocenters. The van der Waals surface area contributed by atoms with E-state index in [4.69, 9.17) is 24.3 Å². The number of rotatable bonds is 3. The molecule has 244 valence electrons. The fourth-order valence-electron chi connectivity index (χ4n) is 6.57. The van der Waals surface area contributed by atoms with Crippen LogP contribution in [-0.4, -0.2) is 62.7 Å². The Morgan fingerprint density at radius 1 is 1.09 bits per heavy atom. The summed E-state index contributed by atoms with van der Waals surface area (Å²) < 4.78 is 21.1. The average molecular weight is 627 g/mol. The van der Waals surface area contributed by atoms with E-state index in [2.05, 4.69) is 56.0 Å². The van der Waals surface area contributed by atoms with Gasteiger partial charge in [0.2, 0.25) is 0 Å². The van der Waals surface area contributed by atoms with Gasteiger partial charge in [-0.2, -0.15) is 9.61 Å². The van der Waals surface area contributed by atoms with Gasteiger partial charge in [0.05, 0.1) is 28.6 Å². The summed E-state index contributed by atoms with van der Waals surface area (Å²) in [6.45, 7) is 15.9. The highest BCUT2D eigenvalue weighted by Crippen LogP contribution is 2.39. The van der Waals surface area contributed by atoms with Gasteiger partial charge in [0.25, 0.3) is 0 Å². The monoisotopic (exact) mass is 626 g/mol. The molecule has 0 saturated carbocycles. The Morgan fingerprint density at radius 3 is 2.54 bits per heavy atom. The zero-order valence-electron chi connectivity index (χ0n) is 28.1. The van der Waals surface area contributed by atoms with Gasteiger partial charge in [-0.3, -0.25) is 0 Å². The maximum absolute atomic E-state index is 12.8. The van der Waals surface area contributed by atoms with Crippen LogP contribution in [0.3, 0.4) is 0 Å². The second-order valence-corrected chi connectivity index (χ2v) is 14.1. The molecule has 2 unspecified atom stereocenters. The number of nitrogens with zero attached hydrogens (tertiary/aromatic N) is 4. The molecule has 0 radical (unpaired) electrons. The minimum Gasteiger partial charge on any atom is -0.490 e. The van der Waals surface area contributed by atoms with E-state index < -0.39 is 17.7 Å². The van der Waals surface area contributed by atoms with Crippen molar-refractivity contribution in [2.24, 2.45) is 0 Å². The molecule has 9 nitrogen and oxygen atoms in total. The SMILES string of the molecule is Cc1ccc2c(c1)-c1cccc(c1)-c1cc3nc(C)c(C(OC(C)(C)C)C(=O)O)c(n3n1)N1CCC(C)(CC1)OCCCC(C)O2. The first kappa shape index (κ1) is 32.0. The molecule has 2 aromatic carbocycles. The third kappa shape index (κ3) is 6.62. The molecule has 3 aliphatic rings. The number of benzene rings is 2. The molecule has 4 aromatic rings. The van der Waals surface area contributed by atoms with Crippen molar-refractivity contribution < 1.29 is 24.1 Å². The van der Waals surface area contributed by atoms with E-state index in [1.54, 1.807) is 0 Å². The zero-order chi connectivity index (χ0) is 32.8. The van der Waals surface area contributed by atoms with Crippen LogP contribution < -0.4 is 9.64 Å². The number of aryl methyl sites for hydroxylation is 2. The highest BCUT2D eigenvalue weighted by molar-refractivity contribution is 5.80. The van der Waals surface area contributed by atoms with Crippen molar-refractivity contribution in [2.45, 2.75) is 97.6 Å². The number of ether oxygens (including phenoxy) is 3. The van der Waals surface area contributed by atoms with Crippen LogP contribution in [0.4, 0.5) is 5.82 Å². The van der Waals surface area contributed by atoms with Crippen molar-refractivity contribution in [2.75, 3.05) is 24.6 Å². The number of fused-ring (bicyclic) bond motifs is 7. The van der Waals surface area contributed by atoms with Gasteiger partial charge in [-0.05, 0) is 97.9 Å². The normalized spacial score (nSPS) is 21.3. The summed E-state index contributed by atoms with van der Waals surface area (Å²) in [5.74, 6) is 0.511. The summed E-state index contributed by atoms with van der Waals surface area (Å²) in [4.78, 5) is 19.9. The van der Waals surface area contributed by atoms with Gasteiger partial charge in [-0.25, -0.2) is 9.78 Å². The number of aromatic nitrogens is 3. The van der Waals surface area contributed by atoms with Crippen LogP contribution in [0, 0.1) is 13.8 Å². The van der Waals surface area contributed by atoms with Crippen molar-refractivity contribution in [3.63, 3.8) is 0 Å². The van der Waals surface area contributed by atoms with Crippen molar-refractivity contribution in [3.05, 3.63) is 65.4 Å². The Bertz CT molecular complexity index is 1750. The zero-order valence-corrected chi connectivity index (χ0v) is 28.1. The molecule has 3 aliphatic heterocycles. The lowest BCUT2D eigenvalue weighted by molar-refractivity contribution is -0.160.